The summed E-state index contributed by atoms with van der Waals surface area (Å²) >= 11 is 0. The van der Waals surface area contributed by atoms with E-state index in [0.29, 0.717) is 6.42 Å². The van der Waals surface area contributed by atoms with Gasteiger partial charge in [0.2, 0.25) is 0 Å². The van der Waals surface area contributed by atoms with Gasteiger partial charge < -0.3 is 19.9 Å². The Balaban J connectivity index is 2.06. The highest BCUT2D eigenvalue weighted by atomic mass is 16.5. The summed E-state index contributed by atoms with van der Waals surface area (Å²) in [5.74, 6) is 0.781. The van der Waals surface area contributed by atoms with E-state index in [-0.39, 0.29) is 0 Å². The topological polar surface area (TPSA) is 50.7 Å². The minimum absolute atomic E-state index is 0.451. The van der Waals surface area contributed by atoms with Gasteiger partial charge in [0.05, 0.1) is 13.2 Å². The number of rotatable bonds is 12. The number of unbranched alkanes of at least 4 members (excludes halogenated alkanes) is 1. The summed E-state index contributed by atoms with van der Waals surface area (Å²) in [4.78, 5) is 0. The molecule has 0 heterocycles. The average molecular weight is 295 g/mol. The van der Waals surface area contributed by atoms with Crippen molar-refractivity contribution in [1.29, 1.82) is 0 Å². The minimum Gasteiger partial charge on any atom is -0.497 e. The molecule has 0 aliphatic heterocycles. The maximum absolute atomic E-state index is 10.1. The van der Waals surface area contributed by atoms with Crippen molar-refractivity contribution in [2.75, 3.05) is 33.4 Å². The molecule has 21 heavy (non-hydrogen) atoms. The molecule has 0 saturated carbocycles. The van der Waals surface area contributed by atoms with E-state index in [1.807, 2.05) is 24.3 Å². The van der Waals surface area contributed by atoms with Gasteiger partial charge in [0.25, 0.3) is 0 Å². The van der Waals surface area contributed by atoms with E-state index < -0.39 is 6.10 Å². The van der Waals surface area contributed by atoms with Crippen LogP contribution in [0.25, 0.3) is 0 Å². The Kier molecular flexibility index (Phi) is 9.87. The molecule has 0 aromatic heterocycles. The lowest BCUT2D eigenvalue weighted by Crippen LogP contribution is -2.20. The summed E-state index contributed by atoms with van der Waals surface area (Å²) in [6.45, 7) is 5.57. The van der Waals surface area contributed by atoms with Gasteiger partial charge >= 0.3 is 0 Å². The number of aliphatic hydroxyl groups is 1. The number of methoxy groups -OCH3 is 1. The second-order valence-corrected chi connectivity index (χ2v) is 5.15. The summed E-state index contributed by atoms with van der Waals surface area (Å²) in [7, 11) is 1.63. The molecule has 2 N–H and O–H groups in total. The molecular formula is C17H29NO3. The van der Waals surface area contributed by atoms with Crippen LogP contribution in [0.2, 0.25) is 0 Å². The van der Waals surface area contributed by atoms with Crippen LogP contribution in [-0.2, 0) is 4.74 Å². The molecule has 0 amide bonds. The molecule has 4 heteroatoms. The molecule has 1 unspecified atom stereocenters. The Labute approximate surface area is 128 Å². The minimum atomic E-state index is -0.451. The third-order valence-electron chi connectivity index (χ3n) is 3.36. The molecule has 0 saturated heterocycles. The van der Waals surface area contributed by atoms with Gasteiger partial charge in [0, 0.05) is 13.2 Å². The van der Waals surface area contributed by atoms with Gasteiger partial charge in [0.1, 0.15) is 5.75 Å². The van der Waals surface area contributed by atoms with Gasteiger partial charge in [-0.3, -0.25) is 0 Å². The second-order valence-electron chi connectivity index (χ2n) is 5.15. The first-order valence-corrected chi connectivity index (χ1v) is 7.88. The van der Waals surface area contributed by atoms with Crippen molar-refractivity contribution >= 4 is 0 Å². The third kappa shape index (κ3) is 8.05. The zero-order valence-electron chi connectivity index (χ0n) is 13.3. The first-order chi connectivity index (χ1) is 10.3. The molecule has 1 aromatic carbocycles. The lowest BCUT2D eigenvalue weighted by atomic mass is 10.1. The van der Waals surface area contributed by atoms with Crippen molar-refractivity contribution in [3.8, 4) is 5.75 Å². The molecule has 1 aromatic rings. The number of ether oxygens (including phenoxy) is 2. The Morgan fingerprint density at radius 2 is 2.00 bits per heavy atom. The number of hydrogen-bond acceptors (Lipinski definition) is 4. The molecule has 0 aliphatic carbocycles. The number of nitrogens with one attached hydrogen (secondary N) is 1. The first kappa shape index (κ1) is 18.0. The summed E-state index contributed by atoms with van der Waals surface area (Å²) in [6, 6.07) is 7.59. The van der Waals surface area contributed by atoms with Crippen molar-refractivity contribution in [2.45, 2.75) is 38.7 Å². The molecule has 0 aliphatic rings. The standard InChI is InChI=1S/C17H29NO3/c1-3-4-12-21-13-6-10-18-11-9-17(19)15-7-5-8-16(14-15)20-2/h5,7-8,14,17-19H,3-4,6,9-13H2,1-2H3. The van der Waals surface area contributed by atoms with E-state index in [2.05, 4.69) is 12.2 Å². The van der Waals surface area contributed by atoms with Crippen molar-refractivity contribution < 1.29 is 14.6 Å². The van der Waals surface area contributed by atoms with Gasteiger partial charge in [0.15, 0.2) is 0 Å². The molecule has 0 radical (unpaired) electrons. The SMILES string of the molecule is CCCCOCCCNCCC(O)c1cccc(OC)c1. The predicted octanol–water partition coefficient (Wildman–Crippen LogP) is 2.92. The van der Waals surface area contributed by atoms with Crippen LogP contribution < -0.4 is 10.1 Å². The van der Waals surface area contributed by atoms with Crippen LogP contribution in [0.5, 0.6) is 5.75 Å². The number of hydrogen-bond donors (Lipinski definition) is 2. The first-order valence-electron chi connectivity index (χ1n) is 7.88. The van der Waals surface area contributed by atoms with Gasteiger partial charge in [-0.15, -0.1) is 0 Å². The smallest absolute Gasteiger partial charge is 0.119 e. The largest absolute Gasteiger partial charge is 0.497 e. The Bertz CT molecular complexity index is 371. The van der Waals surface area contributed by atoms with Crippen LogP contribution in [0.15, 0.2) is 24.3 Å². The van der Waals surface area contributed by atoms with E-state index in [1.54, 1.807) is 7.11 Å². The molecule has 0 spiro atoms. The van der Waals surface area contributed by atoms with E-state index >= 15 is 0 Å². The fourth-order valence-corrected chi connectivity index (χ4v) is 2.03. The normalized spacial score (nSPS) is 12.3. The zero-order valence-corrected chi connectivity index (χ0v) is 13.3. The Morgan fingerprint density at radius 3 is 2.76 bits per heavy atom. The Hall–Kier alpha value is -1.10. The maximum atomic E-state index is 10.1. The van der Waals surface area contributed by atoms with Gasteiger partial charge in [-0.05, 0) is 50.0 Å². The molecule has 120 valence electrons. The quantitative estimate of drug-likeness (QED) is 0.582. The summed E-state index contributed by atoms with van der Waals surface area (Å²) in [5.41, 5.74) is 0.902. The summed E-state index contributed by atoms with van der Waals surface area (Å²) in [6.07, 6.45) is 3.58. The monoisotopic (exact) mass is 295 g/mol. The van der Waals surface area contributed by atoms with Gasteiger partial charge in [-0.25, -0.2) is 0 Å². The van der Waals surface area contributed by atoms with Crippen LogP contribution in [0.4, 0.5) is 0 Å². The van der Waals surface area contributed by atoms with Crippen molar-refractivity contribution in [1.82, 2.24) is 5.32 Å². The highest BCUT2D eigenvalue weighted by Gasteiger charge is 2.07. The summed E-state index contributed by atoms with van der Waals surface area (Å²) < 4.78 is 10.7. The molecular weight excluding hydrogens is 266 g/mol. The van der Waals surface area contributed by atoms with Crippen LogP contribution in [0, 0.1) is 0 Å². The lowest BCUT2D eigenvalue weighted by molar-refractivity contribution is 0.128. The number of aliphatic hydroxyl groups excluding tert-OH is 1. The average Bonchev–Trinajstić information content (AvgIpc) is 2.53. The van der Waals surface area contributed by atoms with E-state index in [1.165, 1.54) is 6.42 Å². The van der Waals surface area contributed by atoms with Crippen LogP contribution in [-0.4, -0.2) is 38.5 Å². The fourth-order valence-electron chi connectivity index (χ4n) is 2.03. The molecule has 0 fully saturated rings. The number of benzene rings is 1. The van der Waals surface area contributed by atoms with E-state index in [4.69, 9.17) is 9.47 Å². The van der Waals surface area contributed by atoms with Crippen molar-refractivity contribution in [3.63, 3.8) is 0 Å². The Morgan fingerprint density at radius 1 is 1.19 bits per heavy atom. The lowest BCUT2D eigenvalue weighted by Gasteiger charge is -2.12. The van der Waals surface area contributed by atoms with Crippen LogP contribution in [0.3, 0.4) is 0 Å². The van der Waals surface area contributed by atoms with Gasteiger partial charge in [-0.1, -0.05) is 25.5 Å². The van der Waals surface area contributed by atoms with Gasteiger partial charge in [-0.2, -0.15) is 0 Å². The van der Waals surface area contributed by atoms with Crippen LogP contribution >= 0.6 is 0 Å². The third-order valence-corrected chi connectivity index (χ3v) is 3.36. The maximum Gasteiger partial charge on any atom is 0.119 e. The van der Waals surface area contributed by atoms with Crippen LogP contribution in [0.1, 0.15) is 44.3 Å². The highest BCUT2D eigenvalue weighted by Crippen LogP contribution is 2.20. The predicted molar refractivity (Wildman–Crippen MR) is 85.8 cm³/mol. The fraction of sp³-hybridized carbons (Fsp3) is 0.647. The molecule has 1 rings (SSSR count). The molecule has 0 bridgehead atoms. The summed E-state index contributed by atoms with van der Waals surface area (Å²) in [5, 5.41) is 13.5. The molecule has 4 nitrogen and oxygen atoms in total. The van der Waals surface area contributed by atoms with E-state index in [0.717, 1.165) is 50.5 Å². The molecule has 1 atom stereocenters. The highest BCUT2D eigenvalue weighted by molar-refractivity contribution is 5.29. The zero-order chi connectivity index (χ0) is 15.3. The van der Waals surface area contributed by atoms with Crippen molar-refractivity contribution in [2.24, 2.45) is 0 Å². The van der Waals surface area contributed by atoms with Crippen molar-refractivity contribution in [3.05, 3.63) is 29.8 Å². The van der Waals surface area contributed by atoms with E-state index in [9.17, 15) is 5.11 Å². The second kappa shape index (κ2) is 11.5.